The van der Waals surface area contributed by atoms with Crippen LogP contribution in [0.4, 0.5) is 0 Å². The number of hydrogen-bond donors (Lipinski definition) is 2. The monoisotopic (exact) mass is 284 g/mol. The third kappa shape index (κ3) is 4.62. The Kier molecular flexibility index (Phi) is 6.07. The standard InChI is InChI=1S/C12H16N2O2S2/c1-8(2)18-12(17-3)14-13-11(16)9-6-4-5-7-10(9)15/h4-8,15H,1-3H3,(H,13,16)/b14-12-. The van der Waals surface area contributed by atoms with Crippen molar-refractivity contribution in [3.8, 4) is 5.75 Å². The molecule has 18 heavy (non-hydrogen) atoms. The average Bonchev–Trinajstić information content (AvgIpc) is 2.34. The summed E-state index contributed by atoms with van der Waals surface area (Å²) in [6, 6.07) is 6.37. The van der Waals surface area contributed by atoms with Gasteiger partial charge in [-0.25, -0.2) is 5.43 Å². The number of aromatic hydroxyl groups is 1. The summed E-state index contributed by atoms with van der Waals surface area (Å²) in [4.78, 5) is 11.8. The van der Waals surface area contributed by atoms with Crippen LogP contribution in [-0.4, -0.2) is 26.9 Å². The van der Waals surface area contributed by atoms with Crippen LogP contribution in [0.2, 0.25) is 0 Å². The van der Waals surface area contributed by atoms with Gasteiger partial charge in [0.05, 0.1) is 5.56 Å². The van der Waals surface area contributed by atoms with Crippen molar-refractivity contribution >= 4 is 33.8 Å². The number of nitrogens with one attached hydrogen (secondary N) is 1. The molecule has 0 saturated carbocycles. The summed E-state index contributed by atoms with van der Waals surface area (Å²) in [6.45, 7) is 4.11. The molecular formula is C12H16N2O2S2. The van der Waals surface area contributed by atoms with Crippen LogP contribution in [0.3, 0.4) is 0 Å². The van der Waals surface area contributed by atoms with Gasteiger partial charge in [-0.2, -0.15) is 5.10 Å². The molecular weight excluding hydrogens is 268 g/mol. The molecule has 6 heteroatoms. The van der Waals surface area contributed by atoms with E-state index in [-0.39, 0.29) is 11.3 Å². The van der Waals surface area contributed by atoms with Gasteiger partial charge in [-0.1, -0.05) is 37.7 Å². The minimum Gasteiger partial charge on any atom is -0.507 e. The number of benzene rings is 1. The van der Waals surface area contributed by atoms with Crippen molar-refractivity contribution in [3.05, 3.63) is 29.8 Å². The van der Waals surface area contributed by atoms with Gasteiger partial charge < -0.3 is 5.11 Å². The van der Waals surface area contributed by atoms with E-state index in [9.17, 15) is 9.90 Å². The fourth-order valence-electron chi connectivity index (χ4n) is 1.14. The highest BCUT2D eigenvalue weighted by Crippen LogP contribution is 2.19. The van der Waals surface area contributed by atoms with Gasteiger partial charge >= 0.3 is 0 Å². The van der Waals surface area contributed by atoms with Crippen molar-refractivity contribution in [1.82, 2.24) is 5.43 Å². The number of para-hydroxylation sites is 1. The molecule has 0 aromatic heterocycles. The van der Waals surface area contributed by atoms with Crippen molar-refractivity contribution in [2.45, 2.75) is 19.1 Å². The lowest BCUT2D eigenvalue weighted by molar-refractivity contribution is 0.0952. The van der Waals surface area contributed by atoms with E-state index in [2.05, 4.69) is 24.4 Å². The first-order valence-corrected chi connectivity index (χ1v) is 7.51. The number of carbonyl (C=O) groups is 1. The molecule has 0 bridgehead atoms. The number of phenolic OH excluding ortho intramolecular Hbond substituents is 1. The lowest BCUT2D eigenvalue weighted by Crippen LogP contribution is -2.18. The van der Waals surface area contributed by atoms with Crippen LogP contribution in [0.15, 0.2) is 29.4 Å². The first kappa shape index (κ1) is 14.9. The molecule has 2 N–H and O–H groups in total. The molecule has 0 fully saturated rings. The summed E-state index contributed by atoms with van der Waals surface area (Å²) in [6.07, 6.45) is 1.90. The van der Waals surface area contributed by atoms with E-state index in [0.717, 1.165) is 4.38 Å². The van der Waals surface area contributed by atoms with Gasteiger partial charge in [0.15, 0.2) is 0 Å². The zero-order valence-corrected chi connectivity index (χ0v) is 12.1. The van der Waals surface area contributed by atoms with Gasteiger partial charge in [0.1, 0.15) is 10.1 Å². The zero-order valence-electron chi connectivity index (χ0n) is 10.5. The molecule has 0 saturated heterocycles. The number of carbonyl (C=O) groups excluding carboxylic acids is 1. The van der Waals surface area contributed by atoms with Gasteiger partial charge in [-0.05, 0) is 18.4 Å². The Bertz CT molecular complexity index is 447. The normalized spacial score (nSPS) is 11.7. The van der Waals surface area contributed by atoms with Crippen LogP contribution in [0.5, 0.6) is 5.75 Å². The molecule has 1 amide bonds. The average molecular weight is 284 g/mol. The highest BCUT2D eigenvalue weighted by atomic mass is 32.2. The predicted molar refractivity (Wildman–Crippen MR) is 79.3 cm³/mol. The molecule has 1 aromatic rings. The maximum Gasteiger partial charge on any atom is 0.275 e. The fraction of sp³-hybridized carbons (Fsp3) is 0.333. The molecule has 98 valence electrons. The number of nitrogens with zero attached hydrogens (tertiary/aromatic N) is 1. The van der Waals surface area contributed by atoms with E-state index in [1.165, 1.54) is 17.8 Å². The molecule has 0 heterocycles. The molecule has 0 aliphatic heterocycles. The Hall–Kier alpha value is -1.14. The van der Waals surface area contributed by atoms with E-state index in [4.69, 9.17) is 0 Å². The maximum atomic E-state index is 11.8. The molecule has 0 unspecified atom stereocenters. The minimum absolute atomic E-state index is 0.0487. The van der Waals surface area contributed by atoms with Crippen LogP contribution >= 0.6 is 23.5 Å². The number of hydrazone groups is 1. The number of hydrogen-bond acceptors (Lipinski definition) is 5. The number of amides is 1. The molecule has 1 aromatic carbocycles. The van der Waals surface area contributed by atoms with Crippen LogP contribution in [0.25, 0.3) is 0 Å². The lowest BCUT2D eigenvalue weighted by Gasteiger charge is -2.07. The van der Waals surface area contributed by atoms with E-state index in [1.54, 1.807) is 30.0 Å². The smallest absolute Gasteiger partial charge is 0.275 e. The second kappa shape index (κ2) is 7.33. The molecule has 0 aliphatic rings. The van der Waals surface area contributed by atoms with Crippen molar-refractivity contribution in [1.29, 1.82) is 0 Å². The number of phenols is 1. The molecule has 1 rings (SSSR count). The Balaban J connectivity index is 2.70. The molecule has 0 aliphatic carbocycles. The number of rotatable bonds is 3. The molecule has 0 atom stereocenters. The highest BCUT2D eigenvalue weighted by molar-refractivity contribution is 8.38. The van der Waals surface area contributed by atoms with Crippen LogP contribution in [-0.2, 0) is 0 Å². The van der Waals surface area contributed by atoms with Gasteiger partial charge in [-0.15, -0.1) is 11.8 Å². The SMILES string of the molecule is CS/C(=N/NC(=O)c1ccccc1O)SC(C)C. The highest BCUT2D eigenvalue weighted by Gasteiger charge is 2.10. The van der Waals surface area contributed by atoms with Gasteiger partial charge in [0, 0.05) is 5.25 Å². The van der Waals surface area contributed by atoms with Crippen LogP contribution in [0, 0.1) is 0 Å². The number of thioether (sulfide) groups is 2. The summed E-state index contributed by atoms with van der Waals surface area (Å²) in [5.74, 6) is -0.462. The molecule has 0 radical (unpaired) electrons. The minimum atomic E-state index is -0.413. The second-order valence-corrected chi connectivity index (χ2v) is 6.33. The summed E-state index contributed by atoms with van der Waals surface area (Å²) in [5, 5.41) is 14.0. The fourth-order valence-corrected chi connectivity index (χ4v) is 2.74. The van der Waals surface area contributed by atoms with E-state index in [1.807, 2.05) is 6.26 Å². The van der Waals surface area contributed by atoms with Gasteiger partial charge in [0.2, 0.25) is 0 Å². The lowest BCUT2D eigenvalue weighted by atomic mass is 10.2. The Morgan fingerprint density at radius 1 is 1.39 bits per heavy atom. The zero-order chi connectivity index (χ0) is 13.5. The summed E-state index contributed by atoms with van der Waals surface area (Å²) in [5.41, 5.74) is 2.66. The van der Waals surface area contributed by atoms with Crippen molar-refractivity contribution in [2.75, 3.05) is 6.26 Å². The Labute approximate surface area is 115 Å². The largest absolute Gasteiger partial charge is 0.507 e. The Morgan fingerprint density at radius 3 is 2.61 bits per heavy atom. The second-order valence-electron chi connectivity index (χ2n) is 3.71. The topological polar surface area (TPSA) is 61.7 Å². The van der Waals surface area contributed by atoms with Crippen LogP contribution < -0.4 is 5.43 Å². The quantitative estimate of drug-likeness (QED) is 0.509. The summed E-state index contributed by atoms with van der Waals surface area (Å²) >= 11 is 3.05. The van der Waals surface area contributed by atoms with E-state index >= 15 is 0 Å². The third-order valence-electron chi connectivity index (χ3n) is 1.91. The van der Waals surface area contributed by atoms with Crippen molar-refractivity contribution in [2.24, 2.45) is 5.10 Å². The summed E-state index contributed by atoms with van der Waals surface area (Å²) < 4.78 is 0.786. The van der Waals surface area contributed by atoms with E-state index < -0.39 is 5.91 Å². The first-order chi connectivity index (χ1) is 8.54. The van der Waals surface area contributed by atoms with Crippen molar-refractivity contribution < 1.29 is 9.90 Å². The van der Waals surface area contributed by atoms with Gasteiger partial charge in [-0.3, -0.25) is 4.79 Å². The first-order valence-electron chi connectivity index (χ1n) is 5.41. The summed E-state index contributed by atoms with van der Waals surface area (Å²) in [7, 11) is 0. The van der Waals surface area contributed by atoms with Gasteiger partial charge in [0.25, 0.3) is 5.91 Å². The maximum absolute atomic E-state index is 11.8. The van der Waals surface area contributed by atoms with Crippen molar-refractivity contribution in [3.63, 3.8) is 0 Å². The Morgan fingerprint density at radius 2 is 2.06 bits per heavy atom. The van der Waals surface area contributed by atoms with E-state index in [0.29, 0.717) is 5.25 Å². The molecule has 0 spiro atoms. The van der Waals surface area contributed by atoms with Crippen LogP contribution in [0.1, 0.15) is 24.2 Å². The molecule has 4 nitrogen and oxygen atoms in total. The predicted octanol–water partition coefficient (Wildman–Crippen LogP) is 2.90. The third-order valence-corrected chi connectivity index (χ3v) is 3.90.